The third-order valence-corrected chi connectivity index (χ3v) is 6.23. The summed E-state index contributed by atoms with van der Waals surface area (Å²) < 4.78 is 0. The molecule has 6 rings (SSSR count). The van der Waals surface area contributed by atoms with E-state index in [2.05, 4.69) is 4.98 Å². The van der Waals surface area contributed by atoms with Gasteiger partial charge in [-0.25, -0.2) is 19.6 Å². The summed E-state index contributed by atoms with van der Waals surface area (Å²) in [6, 6.07) is 22.7. The molecule has 5 aromatic carbocycles. The number of carboxylic acid groups (broad SMARTS) is 2. The Morgan fingerprint density at radius 1 is 0.629 bits per heavy atom. The first-order valence-corrected chi connectivity index (χ1v) is 10.8. The van der Waals surface area contributed by atoms with E-state index in [1.807, 2.05) is 18.2 Å². The fraction of sp³-hybridized carbons (Fsp3) is 0. The van der Waals surface area contributed by atoms with E-state index in [1.165, 1.54) is 6.07 Å². The smallest absolute Gasteiger partial charge is 0.339 e. The van der Waals surface area contributed by atoms with Crippen molar-refractivity contribution in [2.75, 3.05) is 0 Å². The van der Waals surface area contributed by atoms with Crippen molar-refractivity contribution in [3.63, 3.8) is 0 Å². The maximum absolute atomic E-state index is 12.8. The van der Waals surface area contributed by atoms with E-state index in [9.17, 15) is 24.9 Å². The molecule has 0 saturated heterocycles. The number of nitrogens with zero attached hydrogens (tertiary/aromatic N) is 2. The third kappa shape index (κ3) is 2.99. The number of para-hydroxylation sites is 2. The molecule has 0 bridgehead atoms. The number of aromatic carboxylic acids is 2. The van der Waals surface area contributed by atoms with E-state index >= 15 is 0 Å². The first kappa shape index (κ1) is 20.6. The van der Waals surface area contributed by atoms with Crippen LogP contribution in [0.3, 0.4) is 0 Å². The molecule has 6 aromatic rings. The minimum absolute atomic E-state index is 0.131. The highest BCUT2D eigenvalue weighted by molar-refractivity contribution is 6.24. The summed E-state index contributed by atoms with van der Waals surface area (Å²) in [6.45, 7) is 0. The van der Waals surface area contributed by atoms with Gasteiger partial charge in [-0.3, -0.25) is 0 Å². The number of carboxylic acids is 2. The Morgan fingerprint density at radius 3 is 1.86 bits per heavy atom. The van der Waals surface area contributed by atoms with Crippen LogP contribution in [0.5, 0.6) is 5.75 Å². The minimum atomic E-state index is -1.32. The van der Waals surface area contributed by atoms with E-state index < -0.39 is 17.7 Å². The van der Waals surface area contributed by atoms with Gasteiger partial charge in [0.25, 0.3) is 0 Å². The number of hydrogen-bond acceptors (Lipinski definition) is 5. The van der Waals surface area contributed by atoms with Crippen LogP contribution in [0.1, 0.15) is 20.7 Å². The van der Waals surface area contributed by atoms with E-state index in [1.54, 1.807) is 54.6 Å². The van der Waals surface area contributed by atoms with Gasteiger partial charge in [0, 0.05) is 16.5 Å². The van der Waals surface area contributed by atoms with Gasteiger partial charge in [0.2, 0.25) is 0 Å². The number of fused-ring (bicyclic) bond motifs is 5. The second-order valence-corrected chi connectivity index (χ2v) is 8.18. The number of carbonyl (C=O) groups is 2. The lowest BCUT2D eigenvalue weighted by Crippen LogP contribution is -2.06. The Labute approximate surface area is 197 Å². The molecule has 1 heterocycles. The van der Waals surface area contributed by atoms with Crippen LogP contribution in [-0.2, 0) is 0 Å². The monoisotopic (exact) mass is 460 g/mol. The van der Waals surface area contributed by atoms with Crippen molar-refractivity contribution in [1.29, 1.82) is 0 Å². The predicted molar refractivity (Wildman–Crippen MR) is 133 cm³/mol. The van der Waals surface area contributed by atoms with Gasteiger partial charge in [0.15, 0.2) is 0 Å². The molecule has 0 unspecified atom stereocenters. The van der Waals surface area contributed by atoms with Crippen LogP contribution in [0.15, 0.2) is 78.9 Å². The first-order chi connectivity index (χ1) is 17.0. The van der Waals surface area contributed by atoms with E-state index in [0.717, 1.165) is 0 Å². The predicted octanol–water partition coefficient (Wildman–Crippen LogP) is 5.86. The Kier molecular flexibility index (Phi) is 4.40. The van der Waals surface area contributed by atoms with Crippen LogP contribution in [0.2, 0.25) is 0 Å². The normalized spacial score (nSPS) is 11.4. The average molecular weight is 460 g/mol. The molecule has 0 atom stereocenters. The van der Waals surface area contributed by atoms with Gasteiger partial charge in [-0.15, -0.1) is 0 Å². The topological polar surface area (TPSA) is 121 Å². The maximum Gasteiger partial charge on any atom is 0.339 e. The van der Waals surface area contributed by atoms with Crippen LogP contribution >= 0.6 is 0 Å². The average Bonchev–Trinajstić information content (AvgIpc) is 2.86. The molecule has 0 spiro atoms. The van der Waals surface area contributed by atoms with Crippen molar-refractivity contribution in [2.24, 2.45) is 0 Å². The van der Waals surface area contributed by atoms with Crippen molar-refractivity contribution in [2.45, 2.75) is 0 Å². The number of hydrogen-bond donors (Lipinski definition) is 3. The zero-order chi connectivity index (χ0) is 24.3. The van der Waals surface area contributed by atoms with Gasteiger partial charge in [-0.1, -0.05) is 60.7 Å². The zero-order valence-corrected chi connectivity index (χ0v) is 18.1. The van der Waals surface area contributed by atoms with Crippen molar-refractivity contribution < 1.29 is 24.9 Å². The summed E-state index contributed by atoms with van der Waals surface area (Å²) in [5, 5.41) is 33.7. The highest BCUT2D eigenvalue weighted by Crippen LogP contribution is 2.46. The van der Waals surface area contributed by atoms with Crippen LogP contribution in [0.25, 0.3) is 54.7 Å². The second kappa shape index (κ2) is 7.50. The van der Waals surface area contributed by atoms with Crippen molar-refractivity contribution in [3.05, 3.63) is 90.0 Å². The van der Waals surface area contributed by atoms with Gasteiger partial charge < -0.3 is 15.3 Å². The van der Waals surface area contributed by atoms with Crippen LogP contribution in [-0.4, -0.2) is 37.2 Å². The molecular weight excluding hydrogens is 444 g/mol. The summed E-state index contributed by atoms with van der Waals surface area (Å²) in [4.78, 5) is 34.2. The Balaban J connectivity index is 1.93. The largest absolute Gasteiger partial charge is 0.506 e. The molecule has 0 radical (unpaired) electrons. The van der Waals surface area contributed by atoms with E-state index in [4.69, 9.17) is 4.98 Å². The molecule has 0 amide bonds. The van der Waals surface area contributed by atoms with Crippen molar-refractivity contribution in [3.8, 4) is 16.9 Å². The number of aromatic nitrogens is 2. The van der Waals surface area contributed by atoms with E-state index in [0.29, 0.717) is 38.1 Å². The lowest BCUT2D eigenvalue weighted by molar-refractivity contribution is 0.0686. The quantitative estimate of drug-likeness (QED) is 0.223. The van der Waals surface area contributed by atoms with Crippen LogP contribution in [0, 0.1) is 0 Å². The molecule has 0 fully saturated rings. The minimum Gasteiger partial charge on any atom is -0.506 e. The summed E-state index contributed by atoms with van der Waals surface area (Å²) in [7, 11) is 0. The van der Waals surface area contributed by atoms with Gasteiger partial charge in [-0.05, 0) is 34.4 Å². The summed E-state index contributed by atoms with van der Waals surface area (Å²) >= 11 is 0. The van der Waals surface area contributed by atoms with Gasteiger partial charge >= 0.3 is 11.9 Å². The molecule has 1 aromatic heterocycles. The van der Waals surface area contributed by atoms with Gasteiger partial charge in [-0.2, -0.15) is 0 Å². The van der Waals surface area contributed by atoms with Crippen molar-refractivity contribution in [1.82, 2.24) is 9.97 Å². The molecule has 168 valence electrons. The standard InChI is InChI=1S/C28H16N2O5/c31-26-18(27(32)33)13-14-7-1-2-8-15(14)22(26)21-16-9-3-4-10-17(16)24-25(23(21)28(34)35)30-20-12-6-5-11-19(20)29-24/h1-13,31H,(H,32,33)(H,34,35). The van der Waals surface area contributed by atoms with E-state index in [-0.39, 0.29) is 27.8 Å². The van der Waals surface area contributed by atoms with Crippen LogP contribution in [0.4, 0.5) is 0 Å². The summed E-state index contributed by atoms with van der Waals surface area (Å²) in [5.41, 5.74) is 1.58. The highest BCUT2D eigenvalue weighted by Gasteiger charge is 2.28. The summed E-state index contributed by atoms with van der Waals surface area (Å²) in [6.07, 6.45) is 0. The first-order valence-electron chi connectivity index (χ1n) is 10.8. The Hall–Kier alpha value is -5.04. The lowest BCUT2D eigenvalue weighted by Gasteiger charge is -2.18. The van der Waals surface area contributed by atoms with Gasteiger partial charge in [0.05, 0.1) is 22.1 Å². The second-order valence-electron chi connectivity index (χ2n) is 8.18. The number of rotatable bonds is 3. The molecule has 0 saturated carbocycles. The molecule has 35 heavy (non-hydrogen) atoms. The fourth-order valence-electron chi connectivity index (χ4n) is 4.74. The maximum atomic E-state index is 12.8. The zero-order valence-electron chi connectivity index (χ0n) is 18.1. The Bertz CT molecular complexity index is 1880. The molecule has 0 aliphatic carbocycles. The molecule has 0 aliphatic heterocycles. The third-order valence-electron chi connectivity index (χ3n) is 6.23. The molecule has 0 aliphatic rings. The summed E-state index contributed by atoms with van der Waals surface area (Å²) in [5.74, 6) is -3.08. The molecular formula is C28H16N2O5. The molecule has 3 N–H and O–H groups in total. The molecule has 7 nitrogen and oxygen atoms in total. The van der Waals surface area contributed by atoms with Gasteiger partial charge in [0.1, 0.15) is 16.8 Å². The number of phenols is 1. The highest BCUT2D eigenvalue weighted by atomic mass is 16.4. The SMILES string of the molecule is O=C(O)c1cc2ccccc2c(-c2c(C(=O)O)c3nc4ccccc4nc3c3ccccc23)c1O. The fourth-order valence-corrected chi connectivity index (χ4v) is 4.74. The lowest BCUT2D eigenvalue weighted by atomic mass is 9.87. The Morgan fingerprint density at radius 2 is 1.20 bits per heavy atom. The number of aromatic hydroxyl groups is 1. The number of benzene rings is 5. The van der Waals surface area contributed by atoms with Crippen LogP contribution < -0.4 is 0 Å². The molecule has 7 heteroatoms. The van der Waals surface area contributed by atoms with Crippen molar-refractivity contribution >= 4 is 55.6 Å².